The maximum absolute atomic E-state index is 11.4. The van der Waals surface area contributed by atoms with E-state index in [4.69, 9.17) is 5.26 Å². The molecular formula is C12H14AsNO5S. The van der Waals surface area contributed by atoms with Crippen LogP contribution >= 0.6 is 11.3 Å². The smallest absolute Gasteiger partial charge is 0.00934 e. The first-order valence-electron chi connectivity index (χ1n) is 5.47. The Morgan fingerprint density at radius 2 is 1.85 bits per heavy atom. The molecular weight excluding hydrogens is 345 g/mol. The van der Waals surface area contributed by atoms with Gasteiger partial charge in [0.1, 0.15) is 0 Å². The van der Waals surface area contributed by atoms with E-state index in [1.165, 1.54) is 25.1 Å². The van der Waals surface area contributed by atoms with Gasteiger partial charge in [-0.05, 0) is 10.8 Å². The molecule has 0 bridgehead atoms. The van der Waals surface area contributed by atoms with Gasteiger partial charge in [-0.15, -0.1) is 0 Å². The molecule has 20 heavy (non-hydrogen) atoms. The van der Waals surface area contributed by atoms with E-state index in [0.29, 0.717) is 0 Å². The fourth-order valence-electron chi connectivity index (χ4n) is 1.29. The molecule has 1 atom stereocenters. The molecule has 0 saturated heterocycles. The van der Waals surface area contributed by atoms with E-state index in [1.807, 2.05) is 22.9 Å². The number of thiophene rings is 1. The molecule has 0 aliphatic rings. The van der Waals surface area contributed by atoms with Crippen molar-refractivity contribution in [3.8, 4) is 0 Å². The first-order chi connectivity index (χ1) is 9.47. The Kier molecular flexibility index (Phi) is 6.70. The average molecular weight is 359 g/mol. The van der Waals surface area contributed by atoms with Crippen LogP contribution in [0.4, 0.5) is 5.69 Å². The zero-order chi connectivity index (χ0) is 15.0. The van der Waals surface area contributed by atoms with Crippen molar-refractivity contribution in [2.24, 2.45) is 0 Å². The number of rotatable bonds is 3. The molecule has 3 N–H and O–H groups in total. The van der Waals surface area contributed by atoms with Gasteiger partial charge in [0, 0.05) is 0 Å². The van der Waals surface area contributed by atoms with Gasteiger partial charge in [0.15, 0.2) is 0 Å². The van der Waals surface area contributed by atoms with Gasteiger partial charge in [0.05, 0.1) is 0 Å². The molecule has 1 unspecified atom stereocenters. The summed E-state index contributed by atoms with van der Waals surface area (Å²) in [6.07, 6.45) is 0. The quantitative estimate of drug-likeness (QED) is 0.438. The van der Waals surface area contributed by atoms with Crippen LogP contribution in [-0.4, -0.2) is 29.4 Å². The van der Waals surface area contributed by atoms with E-state index in [9.17, 15) is 12.6 Å². The number of para-hydroxylation sites is 1. The molecule has 0 aliphatic carbocycles. The minimum Gasteiger partial charge on any atom is -0.152 e. The Balaban J connectivity index is 0.000000333. The number of hydrogen-bond donors (Lipinski definition) is 3. The summed E-state index contributed by atoms with van der Waals surface area (Å²) in [5.41, 5.74) is 0.157. The van der Waals surface area contributed by atoms with Gasteiger partial charge in [-0.1, -0.05) is 12.1 Å². The van der Waals surface area contributed by atoms with Gasteiger partial charge in [0.2, 0.25) is 0 Å². The topological polar surface area (TPSA) is 95.9 Å². The molecule has 2 rings (SSSR count). The van der Waals surface area contributed by atoms with Gasteiger partial charge in [-0.2, -0.15) is 11.3 Å². The molecule has 2 aromatic rings. The second-order valence-electron chi connectivity index (χ2n) is 3.59. The number of anilines is 1. The molecule has 6 nitrogen and oxygen atoms in total. The van der Waals surface area contributed by atoms with Crippen molar-refractivity contribution in [2.45, 2.75) is 6.92 Å². The van der Waals surface area contributed by atoms with Crippen LogP contribution in [0.25, 0.3) is 0 Å². The zero-order valence-electron chi connectivity index (χ0n) is 10.6. The van der Waals surface area contributed by atoms with Crippen molar-refractivity contribution in [3.63, 3.8) is 0 Å². The summed E-state index contributed by atoms with van der Waals surface area (Å²) in [4.78, 5) is 10.8. The van der Waals surface area contributed by atoms with E-state index in [1.54, 1.807) is 17.4 Å². The minimum absolute atomic E-state index is 0.103. The van der Waals surface area contributed by atoms with Crippen molar-refractivity contribution in [1.82, 2.24) is 0 Å². The van der Waals surface area contributed by atoms with E-state index >= 15 is 0 Å². The summed E-state index contributed by atoms with van der Waals surface area (Å²) in [6.45, 7) is 1.27. The molecule has 0 saturated carbocycles. The fourth-order valence-corrected chi connectivity index (χ4v) is 3.41. The Bertz CT molecular complexity index is 570. The van der Waals surface area contributed by atoms with Crippen LogP contribution in [-0.2, 0) is 12.4 Å². The summed E-state index contributed by atoms with van der Waals surface area (Å²) in [6, 6.07) is 9.88. The fraction of sp³-hybridized carbons (Fsp3) is 0.0833. The third-order valence-corrected chi connectivity index (χ3v) is 5.24. The molecule has 1 amide bonds. The van der Waals surface area contributed by atoms with Crippen molar-refractivity contribution < 1.29 is 21.8 Å². The molecule has 1 heterocycles. The largest absolute Gasteiger partial charge is 0.152 e. The maximum Gasteiger partial charge on any atom is -0.00934 e. The van der Waals surface area contributed by atoms with Gasteiger partial charge >= 0.3 is 88.4 Å². The average Bonchev–Trinajstić information content (AvgIpc) is 2.97. The number of nitrogens with one attached hydrogen (secondary N) is 1. The normalized spacial score (nSPS) is 12.8. The third kappa shape index (κ3) is 5.32. The van der Waals surface area contributed by atoms with Gasteiger partial charge in [-0.25, -0.2) is 0 Å². The zero-order valence-corrected chi connectivity index (χ0v) is 13.3. The van der Waals surface area contributed by atoms with Crippen LogP contribution in [0.5, 0.6) is 0 Å². The number of benzene rings is 1. The maximum atomic E-state index is 11.4. The number of amides is 1. The first kappa shape index (κ1) is 16.7. The Labute approximate surface area is 123 Å². The summed E-state index contributed by atoms with van der Waals surface area (Å²) < 4.78 is 24.1. The van der Waals surface area contributed by atoms with Gasteiger partial charge < -0.3 is 0 Å². The SMILES string of the molecule is CC(=O)Nc1ccccc1[As](=O)(O)OO.c1ccsc1. The molecule has 0 aliphatic heterocycles. The predicted molar refractivity (Wildman–Crippen MR) is 77.1 cm³/mol. The van der Waals surface area contributed by atoms with Crippen LogP contribution in [0.3, 0.4) is 0 Å². The molecule has 0 radical (unpaired) electrons. The van der Waals surface area contributed by atoms with Crippen LogP contribution in [0, 0.1) is 0 Å². The summed E-state index contributed by atoms with van der Waals surface area (Å²) in [7, 11) is 0. The molecule has 1 aromatic carbocycles. The van der Waals surface area contributed by atoms with E-state index < -0.39 is 14.2 Å². The monoisotopic (exact) mass is 359 g/mol. The van der Waals surface area contributed by atoms with Gasteiger partial charge in [-0.3, -0.25) is 0 Å². The summed E-state index contributed by atoms with van der Waals surface area (Å²) in [5, 5.41) is 14.8. The number of carbonyl (C=O) groups excluding carboxylic acids is 1. The second kappa shape index (κ2) is 8.04. The molecule has 8 heteroatoms. The summed E-state index contributed by atoms with van der Waals surface area (Å²) >= 11 is -3.21. The standard InChI is InChI=1S/C8H10AsNO5.C4H4S/c1-6(11)10-8-5-3-2-4-7(8)9(12,13)15-14;1-2-4-5-3-1/h2-5,14H,1H3,(H,10,11)(H,12,13);1-4H. The van der Waals surface area contributed by atoms with Crippen LogP contribution in [0.1, 0.15) is 6.92 Å². The minimum atomic E-state index is -4.92. The summed E-state index contributed by atoms with van der Waals surface area (Å²) in [5.74, 6) is -0.379. The number of carbonyl (C=O) groups is 1. The van der Waals surface area contributed by atoms with E-state index in [0.717, 1.165) is 0 Å². The van der Waals surface area contributed by atoms with Crippen LogP contribution in [0.2, 0.25) is 0 Å². The molecule has 108 valence electrons. The van der Waals surface area contributed by atoms with E-state index in [2.05, 4.69) is 9.19 Å². The van der Waals surface area contributed by atoms with E-state index in [-0.39, 0.29) is 15.9 Å². The predicted octanol–water partition coefficient (Wildman–Crippen LogP) is 1.45. The van der Waals surface area contributed by atoms with Crippen LogP contribution < -0.4 is 9.67 Å². The number of hydrogen-bond acceptors (Lipinski definition) is 5. The first-order valence-corrected chi connectivity index (χ1v) is 9.73. The molecule has 0 spiro atoms. The van der Waals surface area contributed by atoms with Gasteiger partial charge in [0.25, 0.3) is 0 Å². The Morgan fingerprint density at radius 1 is 1.25 bits per heavy atom. The van der Waals surface area contributed by atoms with Crippen LogP contribution in [0.15, 0.2) is 47.2 Å². The van der Waals surface area contributed by atoms with Crippen molar-refractivity contribution in [2.75, 3.05) is 5.32 Å². The Hall–Kier alpha value is -1.37. The van der Waals surface area contributed by atoms with Crippen molar-refractivity contribution >= 4 is 41.5 Å². The Morgan fingerprint density at radius 3 is 2.30 bits per heavy atom. The van der Waals surface area contributed by atoms with Crippen molar-refractivity contribution in [1.29, 1.82) is 0 Å². The third-order valence-electron chi connectivity index (χ3n) is 2.06. The second-order valence-corrected chi connectivity index (χ2v) is 7.95. The van der Waals surface area contributed by atoms with Crippen molar-refractivity contribution in [3.05, 3.63) is 47.2 Å². The molecule has 1 aromatic heterocycles. The molecule has 0 fully saturated rings.